The van der Waals surface area contributed by atoms with Gasteiger partial charge >= 0.3 is 0 Å². The van der Waals surface area contributed by atoms with Crippen molar-refractivity contribution in [1.29, 1.82) is 5.26 Å². The van der Waals surface area contributed by atoms with Crippen LogP contribution >= 0.6 is 0 Å². The zero-order chi connectivity index (χ0) is 10.5. The van der Waals surface area contributed by atoms with E-state index in [9.17, 15) is 0 Å². The smallest absolute Gasteiger partial charge is 0.192 e. The van der Waals surface area contributed by atoms with Crippen LogP contribution in [0.1, 0.15) is 58.3 Å². The van der Waals surface area contributed by atoms with Gasteiger partial charge in [-0.05, 0) is 6.42 Å². The van der Waals surface area contributed by atoms with Crippen LogP contribution in [-0.2, 0) is 0 Å². The fraction of sp³-hybridized carbons (Fsp3) is 0.909. The minimum atomic E-state index is 0.891. The van der Waals surface area contributed by atoms with E-state index in [-0.39, 0.29) is 0 Å². The summed E-state index contributed by atoms with van der Waals surface area (Å²) in [6, 6.07) is 0. The van der Waals surface area contributed by atoms with Gasteiger partial charge in [-0.3, -0.25) is 5.43 Å². The summed E-state index contributed by atoms with van der Waals surface area (Å²) in [4.78, 5) is 0. The average Bonchev–Trinajstić information content (AvgIpc) is 2.21. The van der Waals surface area contributed by atoms with Crippen LogP contribution in [-0.4, -0.2) is 6.54 Å². The molecule has 0 amide bonds. The predicted octanol–water partition coefficient (Wildman–Crippen LogP) is 2.70. The quantitative estimate of drug-likeness (QED) is 0.245. The molecule has 3 heteroatoms. The van der Waals surface area contributed by atoms with Gasteiger partial charge in [-0.15, -0.1) is 0 Å². The minimum absolute atomic E-state index is 0.891. The molecule has 14 heavy (non-hydrogen) atoms. The number of hydrogen-bond acceptors (Lipinski definition) is 3. The van der Waals surface area contributed by atoms with Crippen molar-refractivity contribution in [3.05, 3.63) is 0 Å². The van der Waals surface area contributed by atoms with Crippen LogP contribution in [0.3, 0.4) is 0 Å². The van der Waals surface area contributed by atoms with Crippen LogP contribution in [0.25, 0.3) is 0 Å². The Morgan fingerprint density at radius 3 is 2.07 bits per heavy atom. The van der Waals surface area contributed by atoms with Crippen LogP contribution < -0.4 is 10.9 Å². The van der Waals surface area contributed by atoms with Crippen LogP contribution in [0.15, 0.2) is 0 Å². The first-order chi connectivity index (χ1) is 6.91. The van der Waals surface area contributed by atoms with E-state index in [0.29, 0.717) is 0 Å². The number of hydrazine groups is 1. The minimum Gasteiger partial charge on any atom is -0.258 e. The highest BCUT2D eigenvalue weighted by Gasteiger charge is 1.90. The third-order valence-corrected chi connectivity index (χ3v) is 2.30. The summed E-state index contributed by atoms with van der Waals surface area (Å²) < 4.78 is 0. The highest BCUT2D eigenvalue weighted by atomic mass is 15.3. The number of nitrogens with zero attached hydrogens (tertiary/aromatic N) is 1. The van der Waals surface area contributed by atoms with Crippen molar-refractivity contribution in [2.24, 2.45) is 0 Å². The van der Waals surface area contributed by atoms with Crippen molar-refractivity contribution in [3.8, 4) is 6.19 Å². The first-order valence-corrected chi connectivity index (χ1v) is 5.78. The Balaban J connectivity index is 2.82. The molecule has 82 valence electrons. The Kier molecular flexibility index (Phi) is 11.6. The molecule has 2 N–H and O–H groups in total. The fourth-order valence-electron chi connectivity index (χ4n) is 1.45. The van der Waals surface area contributed by atoms with Gasteiger partial charge < -0.3 is 0 Å². The second-order valence-corrected chi connectivity index (χ2v) is 3.64. The summed E-state index contributed by atoms with van der Waals surface area (Å²) in [5.74, 6) is 0. The lowest BCUT2D eigenvalue weighted by Gasteiger charge is -2.02. The van der Waals surface area contributed by atoms with Gasteiger partial charge in [0.15, 0.2) is 6.19 Å². The van der Waals surface area contributed by atoms with E-state index >= 15 is 0 Å². The van der Waals surface area contributed by atoms with E-state index in [1.807, 2.05) is 6.19 Å². The van der Waals surface area contributed by atoms with Gasteiger partial charge in [-0.2, -0.15) is 5.26 Å². The normalized spacial score (nSPS) is 9.71. The number of nitriles is 1. The number of hydrogen-bond donors (Lipinski definition) is 2. The van der Waals surface area contributed by atoms with Crippen molar-refractivity contribution >= 4 is 0 Å². The second-order valence-electron chi connectivity index (χ2n) is 3.64. The monoisotopic (exact) mass is 197 g/mol. The van der Waals surface area contributed by atoms with Crippen LogP contribution in [0.5, 0.6) is 0 Å². The molecule has 0 aliphatic carbocycles. The Labute approximate surface area is 87.9 Å². The third kappa shape index (κ3) is 11.2. The topological polar surface area (TPSA) is 47.8 Å². The van der Waals surface area contributed by atoms with Crippen molar-refractivity contribution in [2.75, 3.05) is 6.54 Å². The fourth-order valence-corrected chi connectivity index (χ4v) is 1.45. The van der Waals surface area contributed by atoms with Crippen LogP contribution in [0.4, 0.5) is 0 Å². The molecular weight excluding hydrogens is 174 g/mol. The maximum absolute atomic E-state index is 8.17. The Bertz CT molecular complexity index is 140. The summed E-state index contributed by atoms with van der Waals surface area (Å²) in [6.07, 6.45) is 12.4. The second kappa shape index (κ2) is 12.2. The molecule has 3 nitrogen and oxygen atoms in total. The van der Waals surface area contributed by atoms with Gasteiger partial charge in [0.25, 0.3) is 0 Å². The molecule has 0 spiro atoms. The Hall–Kier alpha value is -0.750. The molecule has 0 fully saturated rings. The lowest BCUT2D eigenvalue weighted by molar-refractivity contribution is 0.542. The SMILES string of the molecule is CCCCCCCCCCNNC#N. The molecule has 0 unspecified atom stereocenters. The molecular formula is C11H23N3. The lowest BCUT2D eigenvalue weighted by Crippen LogP contribution is -2.27. The first-order valence-electron chi connectivity index (χ1n) is 5.78. The molecule has 0 saturated carbocycles. The van der Waals surface area contributed by atoms with Crippen molar-refractivity contribution in [1.82, 2.24) is 10.9 Å². The molecule has 0 rings (SSSR count). The Morgan fingerprint density at radius 2 is 1.50 bits per heavy atom. The molecule has 0 radical (unpaired) electrons. The maximum Gasteiger partial charge on any atom is 0.192 e. The zero-order valence-corrected chi connectivity index (χ0v) is 9.31. The molecule has 0 aromatic rings. The van der Waals surface area contributed by atoms with Crippen LogP contribution in [0.2, 0.25) is 0 Å². The highest BCUT2D eigenvalue weighted by molar-refractivity contribution is 4.59. The summed E-state index contributed by atoms with van der Waals surface area (Å²) in [5.41, 5.74) is 5.26. The third-order valence-electron chi connectivity index (χ3n) is 2.30. The average molecular weight is 197 g/mol. The van der Waals surface area contributed by atoms with E-state index in [1.54, 1.807) is 0 Å². The molecule has 0 atom stereocenters. The van der Waals surface area contributed by atoms with Gasteiger partial charge in [0.1, 0.15) is 0 Å². The van der Waals surface area contributed by atoms with Gasteiger partial charge in [-0.25, -0.2) is 5.43 Å². The maximum atomic E-state index is 8.17. The van der Waals surface area contributed by atoms with Crippen molar-refractivity contribution in [2.45, 2.75) is 58.3 Å². The summed E-state index contributed by atoms with van der Waals surface area (Å²) in [5, 5.41) is 8.17. The standard InChI is InChI=1S/C11H23N3/c1-2-3-4-5-6-7-8-9-10-13-14-11-12/h13-14H,2-10H2,1H3. The molecule has 0 heterocycles. The van der Waals surface area contributed by atoms with E-state index in [2.05, 4.69) is 17.8 Å². The van der Waals surface area contributed by atoms with Gasteiger partial charge in [-0.1, -0.05) is 51.9 Å². The van der Waals surface area contributed by atoms with E-state index < -0.39 is 0 Å². The number of unbranched alkanes of at least 4 members (excludes halogenated alkanes) is 7. The molecule has 0 aliphatic heterocycles. The van der Waals surface area contributed by atoms with Crippen molar-refractivity contribution in [3.63, 3.8) is 0 Å². The number of nitrogens with one attached hydrogen (secondary N) is 2. The van der Waals surface area contributed by atoms with E-state index in [1.165, 1.54) is 44.9 Å². The molecule has 0 saturated heterocycles. The Morgan fingerprint density at radius 1 is 0.929 bits per heavy atom. The highest BCUT2D eigenvalue weighted by Crippen LogP contribution is 2.07. The molecule has 0 bridgehead atoms. The van der Waals surface area contributed by atoms with E-state index in [0.717, 1.165) is 13.0 Å². The number of rotatable bonds is 10. The zero-order valence-electron chi connectivity index (χ0n) is 9.31. The summed E-state index contributed by atoms with van der Waals surface area (Å²) in [7, 11) is 0. The molecule has 0 aromatic heterocycles. The summed E-state index contributed by atoms with van der Waals surface area (Å²) >= 11 is 0. The molecule has 0 aliphatic rings. The van der Waals surface area contributed by atoms with Crippen LogP contribution in [0, 0.1) is 11.5 Å². The molecule has 0 aromatic carbocycles. The van der Waals surface area contributed by atoms with E-state index in [4.69, 9.17) is 5.26 Å². The van der Waals surface area contributed by atoms with Gasteiger partial charge in [0.05, 0.1) is 0 Å². The van der Waals surface area contributed by atoms with Crippen molar-refractivity contribution < 1.29 is 0 Å². The lowest BCUT2D eigenvalue weighted by atomic mass is 10.1. The van der Waals surface area contributed by atoms with Gasteiger partial charge in [0.2, 0.25) is 0 Å². The van der Waals surface area contributed by atoms with Gasteiger partial charge in [0, 0.05) is 6.54 Å². The largest absolute Gasteiger partial charge is 0.258 e. The first kappa shape index (κ1) is 13.2. The summed E-state index contributed by atoms with van der Waals surface area (Å²) in [6.45, 7) is 3.14. The predicted molar refractivity (Wildman–Crippen MR) is 59.4 cm³/mol.